The summed E-state index contributed by atoms with van der Waals surface area (Å²) in [6.45, 7) is 0. The zero-order valence-corrected chi connectivity index (χ0v) is 14.8. The summed E-state index contributed by atoms with van der Waals surface area (Å²) in [6.07, 6.45) is 1.10. The highest BCUT2D eigenvalue weighted by atomic mass is 32.2. The van der Waals surface area contributed by atoms with Crippen molar-refractivity contribution in [2.45, 2.75) is 5.03 Å². The van der Waals surface area contributed by atoms with E-state index in [0.29, 0.717) is 28.2 Å². The molecule has 0 saturated carbocycles. The third-order valence-electron chi connectivity index (χ3n) is 3.50. The van der Waals surface area contributed by atoms with Gasteiger partial charge in [0.1, 0.15) is 11.5 Å². The third kappa shape index (κ3) is 3.63. The molecule has 0 amide bonds. The van der Waals surface area contributed by atoms with Gasteiger partial charge in [-0.05, 0) is 12.1 Å². The normalized spacial score (nSPS) is 11.3. The van der Waals surface area contributed by atoms with E-state index in [0.717, 1.165) is 6.26 Å². The number of methoxy groups -OCH3 is 2. The number of fused-ring (bicyclic) bond motifs is 1. The Morgan fingerprint density at radius 1 is 0.920 bits per heavy atom. The summed E-state index contributed by atoms with van der Waals surface area (Å²) in [7, 11) is -0.499. The monoisotopic (exact) mass is 359 g/mol. The number of nitrogens with one attached hydrogen (secondary N) is 1. The standard InChI is InChI=1S/C17H17N3O4S/c1-23-12-8-11(9-13(10-12)24-2)18-16-17(25(3,21)22)20-15-7-5-4-6-14(15)19-16/h4-10H,1-3H3,(H,18,19). The Morgan fingerprint density at radius 3 is 2.00 bits per heavy atom. The topological polar surface area (TPSA) is 90.4 Å². The van der Waals surface area contributed by atoms with Gasteiger partial charge in [-0.25, -0.2) is 18.4 Å². The van der Waals surface area contributed by atoms with Crippen LogP contribution in [0.5, 0.6) is 11.5 Å². The number of nitrogens with zero attached hydrogens (tertiary/aromatic N) is 2. The van der Waals surface area contributed by atoms with Crippen LogP contribution in [0, 0.1) is 0 Å². The minimum absolute atomic E-state index is 0.118. The summed E-state index contributed by atoms with van der Waals surface area (Å²) in [5.41, 5.74) is 1.68. The lowest BCUT2D eigenvalue weighted by Crippen LogP contribution is -2.08. The van der Waals surface area contributed by atoms with Crippen molar-refractivity contribution >= 4 is 32.4 Å². The Kier molecular flexibility index (Phi) is 4.45. The number of hydrogen-bond acceptors (Lipinski definition) is 7. The molecule has 1 N–H and O–H groups in total. The summed E-state index contributed by atoms with van der Waals surface area (Å²) >= 11 is 0. The minimum atomic E-state index is -3.58. The van der Waals surface area contributed by atoms with Crippen molar-refractivity contribution in [3.05, 3.63) is 42.5 Å². The number of benzene rings is 2. The summed E-state index contributed by atoms with van der Waals surface area (Å²) < 4.78 is 34.7. The first kappa shape index (κ1) is 17.0. The van der Waals surface area contributed by atoms with Crippen LogP contribution in [0.2, 0.25) is 0 Å². The van der Waals surface area contributed by atoms with Crippen LogP contribution in [0.15, 0.2) is 47.5 Å². The van der Waals surface area contributed by atoms with Gasteiger partial charge in [0, 0.05) is 30.1 Å². The van der Waals surface area contributed by atoms with Gasteiger partial charge >= 0.3 is 0 Å². The van der Waals surface area contributed by atoms with Crippen LogP contribution in [0.1, 0.15) is 0 Å². The highest BCUT2D eigenvalue weighted by Crippen LogP contribution is 2.30. The van der Waals surface area contributed by atoms with Crippen molar-refractivity contribution in [1.29, 1.82) is 0 Å². The van der Waals surface area contributed by atoms with Gasteiger partial charge in [0.15, 0.2) is 20.7 Å². The summed E-state index contributed by atoms with van der Waals surface area (Å²) in [6, 6.07) is 12.2. The number of rotatable bonds is 5. The van der Waals surface area contributed by atoms with E-state index < -0.39 is 9.84 Å². The van der Waals surface area contributed by atoms with Gasteiger partial charge in [-0.1, -0.05) is 12.1 Å². The van der Waals surface area contributed by atoms with Crippen molar-refractivity contribution in [3.63, 3.8) is 0 Å². The van der Waals surface area contributed by atoms with Crippen molar-refractivity contribution in [2.24, 2.45) is 0 Å². The molecule has 3 aromatic rings. The number of ether oxygens (including phenoxy) is 2. The van der Waals surface area contributed by atoms with E-state index in [1.807, 2.05) is 6.07 Å². The molecule has 0 aliphatic heterocycles. The quantitative estimate of drug-likeness (QED) is 0.749. The molecule has 0 spiro atoms. The van der Waals surface area contributed by atoms with Gasteiger partial charge in [0.25, 0.3) is 0 Å². The van der Waals surface area contributed by atoms with Crippen molar-refractivity contribution in [2.75, 3.05) is 25.8 Å². The molecule has 0 bridgehead atoms. The molecule has 0 radical (unpaired) electrons. The Hall–Kier alpha value is -2.87. The van der Waals surface area contributed by atoms with Crippen LogP contribution in [-0.4, -0.2) is 38.9 Å². The van der Waals surface area contributed by atoms with Gasteiger partial charge in [-0.2, -0.15) is 0 Å². The Balaban J connectivity index is 2.15. The second-order valence-corrected chi connectivity index (χ2v) is 7.30. The molecule has 3 rings (SSSR count). The maximum absolute atomic E-state index is 12.1. The molecule has 0 unspecified atom stereocenters. The Morgan fingerprint density at radius 2 is 1.48 bits per heavy atom. The first-order valence-corrected chi connectivity index (χ1v) is 9.27. The number of para-hydroxylation sites is 2. The molecular weight excluding hydrogens is 342 g/mol. The van der Waals surface area contributed by atoms with Gasteiger partial charge < -0.3 is 14.8 Å². The number of sulfone groups is 1. The van der Waals surface area contributed by atoms with Crippen molar-refractivity contribution in [1.82, 2.24) is 9.97 Å². The molecule has 25 heavy (non-hydrogen) atoms. The van der Waals surface area contributed by atoms with Crippen molar-refractivity contribution < 1.29 is 17.9 Å². The third-order valence-corrected chi connectivity index (χ3v) is 4.49. The molecule has 1 heterocycles. The molecule has 7 nitrogen and oxygen atoms in total. The van der Waals surface area contributed by atoms with E-state index >= 15 is 0 Å². The number of aromatic nitrogens is 2. The highest BCUT2D eigenvalue weighted by molar-refractivity contribution is 7.90. The molecule has 0 aliphatic carbocycles. The average Bonchev–Trinajstić information content (AvgIpc) is 2.59. The van der Waals surface area contributed by atoms with Crippen LogP contribution < -0.4 is 14.8 Å². The van der Waals surface area contributed by atoms with Gasteiger partial charge in [0.2, 0.25) is 0 Å². The van der Waals surface area contributed by atoms with Gasteiger partial charge in [-0.15, -0.1) is 0 Å². The average molecular weight is 359 g/mol. The van der Waals surface area contributed by atoms with Crippen molar-refractivity contribution in [3.8, 4) is 11.5 Å². The second kappa shape index (κ2) is 6.56. The lowest BCUT2D eigenvalue weighted by Gasteiger charge is -2.13. The molecule has 2 aromatic carbocycles. The fourth-order valence-corrected chi connectivity index (χ4v) is 3.05. The van der Waals surface area contributed by atoms with Crippen LogP contribution in [0.25, 0.3) is 11.0 Å². The van der Waals surface area contributed by atoms with Crippen LogP contribution in [0.3, 0.4) is 0 Å². The van der Waals surface area contributed by atoms with E-state index in [1.165, 1.54) is 14.2 Å². The van der Waals surface area contributed by atoms with Crippen LogP contribution >= 0.6 is 0 Å². The predicted octanol–water partition coefficient (Wildman–Crippen LogP) is 2.79. The number of hydrogen-bond donors (Lipinski definition) is 1. The fourth-order valence-electron chi connectivity index (χ4n) is 2.34. The lowest BCUT2D eigenvalue weighted by molar-refractivity contribution is 0.395. The SMILES string of the molecule is COc1cc(Nc2nc3ccccc3nc2S(C)(=O)=O)cc(OC)c1. The molecule has 0 saturated heterocycles. The number of anilines is 2. The largest absolute Gasteiger partial charge is 0.497 e. The lowest BCUT2D eigenvalue weighted by atomic mass is 10.2. The molecule has 0 aliphatic rings. The van der Waals surface area contributed by atoms with E-state index in [-0.39, 0.29) is 10.8 Å². The molecule has 130 valence electrons. The van der Waals surface area contributed by atoms with E-state index in [2.05, 4.69) is 15.3 Å². The maximum Gasteiger partial charge on any atom is 0.198 e. The Bertz CT molecular complexity index is 1010. The van der Waals surface area contributed by atoms with E-state index in [4.69, 9.17) is 9.47 Å². The zero-order valence-electron chi connectivity index (χ0n) is 14.0. The van der Waals surface area contributed by atoms with E-state index in [1.54, 1.807) is 36.4 Å². The molecule has 8 heteroatoms. The molecular formula is C17H17N3O4S. The molecule has 0 fully saturated rings. The summed E-state index contributed by atoms with van der Waals surface area (Å²) in [5, 5.41) is 2.89. The minimum Gasteiger partial charge on any atom is -0.497 e. The van der Waals surface area contributed by atoms with Crippen LogP contribution in [0.4, 0.5) is 11.5 Å². The predicted molar refractivity (Wildman–Crippen MR) is 95.5 cm³/mol. The molecule has 1 aromatic heterocycles. The van der Waals surface area contributed by atoms with E-state index in [9.17, 15) is 8.42 Å². The van der Waals surface area contributed by atoms with Crippen LogP contribution in [-0.2, 0) is 9.84 Å². The maximum atomic E-state index is 12.1. The summed E-state index contributed by atoms with van der Waals surface area (Å²) in [5.74, 6) is 1.28. The highest BCUT2D eigenvalue weighted by Gasteiger charge is 2.19. The fraction of sp³-hybridized carbons (Fsp3) is 0.176. The smallest absolute Gasteiger partial charge is 0.198 e. The van der Waals surface area contributed by atoms with Gasteiger partial charge in [-0.3, -0.25) is 0 Å². The first-order valence-electron chi connectivity index (χ1n) is 7.37. The molecule has 0 atom stereocenters. The summed E-state index contributed by atoms with van der Waals surface area (Å²) in [4.78, 5) is 8.67. The Labute approximate surface area is 145 Å². The second-order valence-electron chi connectivity index (χ2n) is 5.36. The zero-order chi connectivity index (χ0) is 18.0. The van der Waals surface area contributed by atoms with Gasteiger partial charge in [0.05, 0.1) is 25.3 Å². The first-order chi connectivity index (χ1) is 11.9.